The van der Waals surface area contributed by atoms with E-state index in [9.17, 15) is 0 Å². The molecule has 1 saturated carbocycles. The molecule has 16 heavy (non-hydrogen) atoms. The number of aliphatic hydroxyl groups is 1. The van der Waals surface area contributed by atoms with E-state index in [2.05, 4.69) is 4.90 Å². The van der Waals surface area contributed by atoms with Crippen LogP contribution in [0.2, 0.25) is 0 Å². The first-order chi connectivity index (χ1) is 7.81. The van der Waals surface area contributed by atoms with Gasteiger partial charge in [0.2, 0.25) is 0 Å². The molecule has 0 heterocycles. The maximum absolute atomic E-state index is 8.98. The summed E-state index contributed by atoms with van der Waals surface area (Å²) in [5, 5.41) is 8.98. The average molecular weight is 231 g/mol. The first-order valence-corrected chi connectivity index (χ1v) is 6.39. The monoisotopic (exact) mass is 231 g/mol. The van der Waals surface area contributed by atoms with Crippen molar-refractivity contribution in [3.8, 4) is 0 Å². The molecule has 96 valence electrons. The fraction of sp³-hybridized carbons (Fsp3) is 1.00. The summed E-state index contributed by atoms with van der Waals surface area (Å²) >= 11 is 0. The molecule has 0 aromatic rings. The van der Waals surface area contributed by atoms with Gasteiger partial charge in [-0.25, -0.2) is 0 Å². The summed E-state index contributed by atoms with van der Waals surface area (Å²) in [5.41, 5.74) is 0. The van der Waals surface area contributed by atoms with Crippen LogP contribution in [-0.4, -0.2) is 55.2 Å². The van der Waals surface area contributed by atoms with Gasteiger partial charge in [0.1, 0.15) is 0 Å². The highest BCUT2D eigenvalue weighted by Crippen LogP contribution is 2.26. The first kappa shape index (κ1) is 13.9. The van der Waals surface area contributed by atoms with Gasteiger partial charge in [0, 0.05) is 38.8 Å². The second kappa shape index (κ2) is 8.01. The third-order valence-corrected chi connectivity index (χ3v) is 2.81. The van der Waals surface area contributed by atoms with E-state index in [1.165, 1.54) is 12.8 Å². The molecule has 1 aliphatic carbocycles. The molecule has 0 saturated heterocycles. The van der Waals surface area contributed by atoms with Crippen LogP contribution < -0.4 is 0 Å². The smallest absolute Gasteiger partial charge is 0.158 e. The van der Waals surface area contributed by atoms with Crippen molar-refractivity contribution < 1.29 is 14.6 Å². The Labute approximate surface area is 98.5 Å². The van der Waals surface area contributed by atoms with Crippen molar-refractivity contribution in [2.24, 2.45) is 0 Å². The van der Waals surface area contributed by atoms with Crippen LogP contribution in [0, 0.1) is 0 Å². The maximum atomic E-state index is 8.98. The predicted molar refractivity (Wildman–Crippen MR) is 63.3 cm³/mol. The van der Waals surface area contributed by atoms with E-state index in [1.54, 1.807) is 0 Å². The molecular weight excluding hydrogens is 206 g/mol. The molecule has 0 unspecified atom stereocenters. The molecule has 0 spiro atoms. The normalized spacial score (nSPS) is 16.3. The van der Waals surface area contributed by atoms with Gasteiger partial charge in [-0.15, -0.1) is 0 Å². The molecule has 4 nitrogen and oxygen atoms in total. The lowest BCUT2D eigenvalue weighted by Crippen LogP contribution is -2.33. The van der Waals surface area contributed by atoms with Crippen LogP contribution >= 0.6 is 0 Å². The first-order valence-electron chi connectivity index (χ1n) is 6.39. The number of hydrogen-bond acceptors (Lipinski definition) is 4. The third kappa shape index (κ3) is 5.25. The van der Waals surface area contributed by atoms with Crippen LogP contribution in [-0.2, 0) is 9.47 Å². The van der Waals surface area contributed by atoms with Gasteiger partial charge in [0.25, 0.3) is 0 Å². The van der Waals surface area contributed by atoms with Gasteiger partial charge >= 0.3 is 0 Å². The van der Waals surface area contributed by atoms with Gasteiger partial charge in [0.05, 0.1) is 6.61 Å². The van der Waals surface area contributed by atoms with E-state index in [0.717, 1.165) is 19.5 Å². The molecular formula is C12H25NO3. The maximum Gasteiger partial charge on any atom is 0.158 e. The summed E-state index contributed by atoms with van der Waals surface area (Å²) in [6, 6.07) is 0.691. The lowest BCUT2D eigenvalue weighted by atomic mass is 10.3. The van der Waals surface area contributed by atoms with E-state index < -0.39 is 0 Å². The van der Waals surface area contributed by atoms with Crippen LogP contribution in [0.15, 0.2) is 0 Å². The van der Waals surface area contributed by atoms with E-state index in [0.29, 0.717) is 19.3 Å². The van der Waals surface area contributed by atoms with Crippen LogP contribution in [0.1, 0.15) is 33.1 Å². The summed E-state index contributed by atoms with van der Waals surface area (Å²) in [6.07, 6.45) is 3.34. The van der Waals surface area contributed by atoms with Gasteiger partial charge in [0.15, 0.2) is 6.29 Å². The predicted octanol–water partition coefficient (Wildman–Crippen LogP) is 1.23. The Morgan fingerprint density at radius 3 is 2.25 bits per heavy atom. The topological polar surface area (TPSA) is 41.9 Å². The highest BCUT2D eigenvalue weighted by atomic mass is 16.7. The molecule has 0 amide bonds. The SMILES string of the molecule is CCOC(CCN(CCO)C1CC1)OCC. The fourth-order valence-corrected chi connectivity index (χ4v) is 1.90. The zero-order valence-corrected chi connectivity index (χ0v) is 10.5. The third-order valence-electron chi connectivity index (χ3n) is 2.81. The van der Waals surface area contributed by atoms with Crippen LogP contribution in [0.5, 0.6) is 0 Å². The fourth-order valence-electron chi connectivity index (χ4n) is 1.90. The number of hydrogen-bond donors (Lipinski definition) is 1. The summed E-state index contributed by atoms with van der Waals surface area (Å²) in [4.78, 5) is 2.34. The van der Waals surface area contributed by atoms with Crippen molar-refractivity contribution in [1.82, 2.24) is 4.90 Å². The molecule has 0 bridgehead atoms. The summed E-state index contributed by atoms with van der Waals surface area (Å²) < 4.78 is 11.0. The van der Waals surface area contributed by atoms with Crippen LogP contribution in [0.3, 0.4) is 0 Å². The zero-order valence-electron chi connectivity index (χ0n) is 10.5. The molecule has 0 aromatic carbocycles. The van der Waals surface area contributed by atoms with Gasteiger partial charge in [-0.2, -0.15) is 0 Å². The average Bonchev–Trinajstić information content (AvgIpc) is 3.08. The van der Waals surface area contributed by atoms with Gasteiger partial charge in [-0.3, -0.25) is 4.90 Å². The van der Waals surface area contributed by atoms with Gasteiger partial charge in [-0.05, 0) is 26.7 Å². The van der Waals surface area contributed by atoms with Crippen molar-refractivity contribution in [3.63, 3.8) is 0 Å². The van der Waals surface area contributed by atoms with E-state index in [1.807, 2.05) is 13.8 Å². The van der Waals surface area contributed by atoms with Crippen molar-refractivity contribution in [1.29, 1.82) is 0 Å². The van der Waals surface area contributed by atoms with Gasteiger partial charge < -0.3 is 14.6 Å². The highest BCUT2D eigenvalue weighted by Gasteiger charge is 2.28. The van der Waals surface area contributed by atoms with Gasteiger partial charge in [-0.1, -0.05) is 0 Å². The molecule has 1 N–H and O–H groups in total. The number of nitrogens with zero attached hydrogens (tertiary/aromatic N) is 1. The van der Waals surface area contributed by atoms with Crippen LogP contribution in [0.4, 0.5) is 0 Å². The Bertz CT molecular complexity index is 168. The van der Waals surface area contributed by atoms with Crippen molar-refractivity contribution in [3.05, 3.63) is 0 Å². The quantitative estimate of drug-likeness (QED) is 0.574. The van der Waals surface area contributed by atoms with Crippen molar-refractivity contribution in [2.75, 3.05) is 32.9 Å². The van der Waals surface area contributed by atoms with Crippen molar-refractivity contribution >= 4 is 0 Å². The second-order valence-electron chi connectivity index (χ2n) is 4.12. The number of ether oxygens (including phenoxy) is 2. The summed E-state index contributed by atoms with van der Waals surface area (Å²) in [6.45, 7) is 7.31. The lowest BCUT2D eigenvalue weighted by molar-refractivity contribution is -0.142. The molecule has 0 aromatic heterocycles. The second-order valence-corrected chi connectivity index (χ2v) is 4.12. The minimum Gasteiger partial charge on any atom is -0.395 e. The summed E-state index contributed by atoms with van der Waals surface area (Å²) in [5.74, 6) is 0. The zero-order chi connectivity index (χ0) is 11.8. The Morgan fingerprint density at radius 1 is 1.19 bits per heavy atom. The largest absolute Gasteiger partial charge is 0.395 e. The Hall–Kier alpha value is -0.160. The van der Waals surface area contributed by atoms with E-state index >= 15 is 0 Å². The molecule has 1 fully saturated rings. The number of aliphatic hydroxyl groups excluding tert-OH is 1. The highest BCUT2D eigenvalue weighted by molar-refractivity contribution is 4.84. The molecule has 0 aliphatic heterocycles. The lowest BCUT2D eigenvalue weighted by Gasteiger charge is -2.24. The minimum atomic E-state index is -0.0880. The molecule has 1 rings (SSSR count). The molecule has 1 aliphatic rings. The Kier molecular flexibility index (Phi) is 6.96. The Balaban J connectivity index is 2.21. The molecule has 4 heteroatoms. The molecule has 0 atom stereocenters. The number of rotatable bonds is 10. The minimum absolute atomic E-state index is 0.0880. The van der Waals surface area contributed by atoms with Crippen molar-refractivity contribution in [2.45, 2.75) is 45.4 Å². The molecule has 0 radical (unpaired) electrons. The van der Waals surface area contributed by atoms with E-state index in [4.69, 9.17) is 14.6 Å². The Morgan fingerprint density at radius 2 is 1.81 bits per heavy atom. The summed E-state index contributed by atoms with van der Waals surface area (Å²) in [7, 11) is 0. The van der Waals surface area contributed by atoms with Crippen LogP contribution in [0.25, 0.3) is 0 Å². The van der Waals surface area contributed by atoms with E-state index in [-0.39, 0.29) is 12.9 Å². The standard InChI is InChI=1S/C12H25NO3/c1-3-15-12(16-4-2)7-8-13(9-10-14)11-5-6-11/h11-12,14H,3-10H2,1-2H3.